The van der Waals surface area contributed by atoms with Gasteiger partial charge in [-0.2, -0.15) is 0 Å². The quantitative estimate of drug-likeness (QED) is 0.670. The summed E-state index contributed by atoms with van der Waals surface area (Å²) in [6, 6.07) is 25.1. The fourth-order valence-corrected chi connectivity index (χ4v) is 2.56. The molecule has 4 heteroatoms. The SMILES string of the molecule is CCOc1ccccc1NC(=O)COc1ccc(-c2ccccc2)cc1. The van der Waals surface area contributed by atoms with Crippen LogP contribution in [-0.2, 0) is 4.79 Å². The third kappa shape index (κ3) is 4.63. The Kier molecular flexibility index (Phi) is 5.88. The summed E-state index contributed by atoms with van der Waals surface area (Å²) < 4.78 is 11.1. The van der Waals surface area contributed by atoms with E-state index in [2.05, 4.69) is 17.4 Å². The number of hydrogen-bond acceptors (Lipinski definition) is 3. The maximum Gasteiger partial charge on any atom is 0.262 e. The first kappa shape index (κ1) is 17.5. The monoisotopic (exact) mass is 347 g/mol. The Hall–Kier alpha value is -3.27. The minimum absolute atomic E-state index is 0.0643. The average Bonchev–Trinajstić information content (AvgIpc) is 2.69. The van der Waals surface area contributed by atoms with Crippen LogP contribution in [0.5, 0.6) is 11.5 Å². The van der Waals surface area contributed by atoms with Crippen molar-refractivity contribution in [2.45, 2.75) is 6.92 Å². The van der Waals surface area contributed by atoms with Crippen LogP contribution in [0.25, 0.3) is 11.1 Å². The van der Waals surface area contributed by atoms with Crippen molar-refractivity contribution in [3.8, 4) is 22.6 Å². The number of hydrogen-bond donors (Lipinski definition) is 1. The third-order valence-electron chi connectivity index (χ3n) is 3.79. The second-order valence-corrected chi connectivity index (χ2v) is 5.66. The highest BCUT2D eigenvalue weighted by Gasteiger charge is 2.08. The lowest BCUT2D eigenvalue weighted by Gasteiger charge is -2.12. The Bertz CT molecular complexity index is 845. The lowest BCUT2D eigenvalue weighted by molar-refractivity contribution is -0.118. The lowest BCUT2D eigenvalue weighted by Crippen LogP contribution is -2.20. The first-order valence-corrected chi connectivity index (χ1v) is 8.56. The molecule has 0 atom stereocenters. The Morgan fingerprint density at radius 3 is 2.19 bits per heavy atom. The highest BCUT2D eigenvalue weighted by molar-refractivity contribution is 5.93. The lowest BCUT2D eigenvalue weighted by atomic mass is 10.1. The molecule has 0 aliphatic heterocycles. The molecular weight excluding hydrogens is 326 g/mol. The van der Waals surface area contributed by atoms with Crippen LogP contribution in [0.4, 0.5) is 5.69 Å². The largest absolute Gasteiger partial charge is 0.492 e. The van der Waals surface area contributed by atoms with E-state index in [0.717, 1.165) is 11.1 Å². The van der Waals surface area contributed by atoms with Crippen LogP contribution in [0.15, 0.2) is 78.9 Å². The van der Waals surface area contributed by atoms with Gasteiger partial charge >= 0.3 is 0 Å². The molecule has 1 amide bonds. The van der Waals surface area contributed by atoms with Crippen LogP contribution in [0.1, 0.15) is 6.92 Å². The maximum absolute atomic E-state index is 12.1. The standard InChI is InChI=1S/C22H21NO3/c1-2-25-21-11-7-6-10-20(21)23-22(24)16-26-19-14-12-18(13-15-19)17-8-4-3-5-9-17/h3-15H,2,16H2,1H3,(H,23,24). The number of carbonyl (C=O) groups is 1. The van der Waals surface area contributed by atoms with Crippen molar-refractivity contribution in [2.24, 2.45) is 0 Å². The zero-order valence-corrected chi connectivity index (χ0v) is 14.6. The minimum Gasteiger partial charge on any atom is -0.492 e. The molecule has 4 nitrogen and oxygen atoms in total. The second-order valence-electron chi connectivity index (χ2n) is 5.66. The average molecular weight is 347 g/mol. The number of carbonyl (C=O) groups excluding carboxylic acids is 1. The molecule has 0 fully saturated rings. The van der Waals surface area contributed by atoms with E-state index in [1.807, 2.05) is 67.6 Å². The topological polar surface area (TPSA) is 47.6 Å². The molecule has 0 aliphatic carbocycles. The summed E-state index contributed by atoms with van der Waals surface area (Å²) in [5, 5.41) is 2.81. The molecule has 0 aromatic heterocycles. The molecule has 0 saturated heterocycles. The van der Waals surface area contributed by atoms with E-state index in [1.165, 1.54) is 0 Å². The van der Waals surface area contributed by atoms with Gasteiger partial charge in [-0.25, -0.2) is 0 Å². The first-order valence-electron chi connectivity index (χ1n) is 8.56. The summed E-state index contributed by atoms with van der Waals surface area (Å²) in [6.07, 6.45) is 0. The van der Waals surface area contributed by atoms with Crippen molar-refractivity contribution in [2.75, 3.05) is 18.5 Å². The predicted octanol–water partition coefficient (Wildman–Crippen LogP) is 4.77. The molecule has 132 valence electrons. The molecule has 3 aromatic carbocycles. The maximum atomic E-state index is 12.1. The van der Waals surface area contributed by atoms with Crippen molar-refractivity contribution in [1.82, 2.24) is 0 Å². The molecule has 3 rings (SSSR count). The van der Waals surface area contributed by atoms with Crippen LogP contribution >= 0.6 is 0 Å². The molecule has 0 aliphatic rings. The van der Waals surface area contributed by atoms with Crippen LogP contribution in [0, 0.1) is 0 Å². The third-order valence-corrected chi connectivity index (χ3v) is 3.79. The van der Waals surface area contributed by atoms with Crippen LogP contribution < -0.4 is 14.8 Å². The summed E-state index contributed by atoms with van der Waals surface area (Å²) in [4.78, 5) is 12.1. The number of nitrogens with one attached hydrogen (secondary N) is 1. The van der Waals surface area contributed by atoms with E-state index < -0.39 is 0 Å². The van der Waals surface area contributed by atoms with Crippen LogP contribution in [0.3, 0.4) is 0 Å². The van der Waals surface area contributed by atoms with E-state index in [0.29, 0.717) is 23.8 Å². The minimum atomic E-state index is -0.232. The highest BCUT2D eigenvalue weighted by Crippen LogP contribution is 2.24. The van der Waals surface area contributed by atoms with Crippen molar-refractivity contribution in [3.63, 3.8) is 0 Å². The molecule has 0 heterocycles. The number of benzene rings is 3. The van der Waals surface area contributed by atoms with E-state index >= 15 is 0 Å². The Labute approximate surface area is 153 Å². The van der Waals surface area contributed by atoms with Crippen LogP contribution in [0.2, 0.25) is 0 Å². The zero-order valence-electron chi connectivity index (χ0n) is 14.6. The number of rotatable bonds is 7. The molecule has 0 radical (unpaired) electrons. The van der Waals surface area contributed by atoms with Crippen molar-refractivity contribution >= 4 is 11.6 Å². The summed E-state index contributed by atoms with van der Waals surface area (Å²) in [6.45, 7) is 2.38. The second kappa shape index (κ2) is 8.72. The van der Waals surface area contributed by atoms with Crippen molar-refractivity contribution in [3.05, 3.63) is 78.9 Å². The zero-order chi connectivity index (χ0) is 18.2. The van der Waals surface area contributed by atoms with Gasteiger partial charge in [-0.3, -0.25) is 4.79 Å². The van der Waals surface area contributed by atoms with Gasteiger partial charge in [0.2, 0.25) is 0 Å². The molecule has 0 saturated carbocycles. The predicted molar refractivity (Wildman–Crippen MR) is 104 cm³/mol. The van der Waals surface area contributed by atoms with Gasteiger partial charge in [0, 0.05) is 0 Å². The summed E-state index contributed by atoms with van der Waals surface area (Å²) in [5.41, 5.74) is 2.89. The molecule has 1 N–H and O–H groups in total. The number of amides is 1. The molecule has 3 aromatic rings. The van der Waals surface area contributed by atoms with Gasteiger partial charge in [-0.15, -0.1) is 0 Å². The van der Waals surface area contributed by atoms with E-state index in [4.69, 9.17) is 9.47 Å². The van der Waals surface area contributed by atoms with Gasteiger partial charge in [0.15, 0.2) is 6.61 Å². The Morgan fingerprint density at radius 2 is 1.46 bits per heavy atom. The molecule has 0 bridgehead atoms. The Morgan fingerprint density at radius 1 is 0.808 bits per heavy atom. The van der Waals surface area contributed by atoms with E-state index in [1.54, 1.807) is 6.07 Å². The van der Waals surface area contributed by atoms with Crippen molar-refractivity contribution < 1.29 is 14.3 Å². The molecule has 0 unspecified atom stereocenters. The Balaban J connectivity index is 1.56. The number of anilines is 1. The number of para-hydroxylation sites is 2. The van der Waals surface area contributed by atoms with Gasteiger partial charge in [0.25, 0.3) is 5.91 Å². The van der Waals surface area contributed by atoms with Gasteiger partial charge in [0.05, 0.1) is 12.3 Å². The van der Waals surface area contributed by atoms with Crippen molar-refractivity contribution in [1.29, 1.82) is 0 Å². The van der Waals surface area contributed by atoms with Gasteiger partial charge in [-0.1, -0.05) is 54.6 Å². The summed E-state index contributed by atoms with van der Waals surface area (Å²) in [7, 11) is 0. The van der Waals surface area contributed by atoms with E-state index in [9.17, 15) is 4.79 Å². The van der Waals surface area contributed by atoms with Crippen LogP contribution in [-0.4, -0.2) is 19.1 Å². The van der Waals surface area contributed by atoms with Gasteiger partial charge in [-0.05, 0) is 42.3 Å². The van der Waals surface area contributed by atoms with Gasteiger partial charge < -0.3 is 14.8 Å². The summed E-state index contributed by atoms with van der Waals surface area (Å²) >= 11 is 0. The smallest absolute Gasteiger partial charge is 0.262 e. The normalized spacial score (nSPS) is 10.2. The highest BCUT2D eigenvalue weighted by atomic mass is 16.5. The fraction of sp³-hybridized carbons (Fsp3) is 0.136. The molecular formula is C22H21NO3. The summed E-state index contributed by atoms with van der Waals surface area (Å²) in [5.74, 6) is 1.07. The van der Waals surface area contributed by atoms with Gasteiger partial charge in [0.1, 0.15) is 11.5 Å². The first-order chi connectivity index (χ1) is 12.8. The molecule has 0 spiro atoms. The van der Waals surface area contributed by atoms with E-state index in [-0.39, 0.29) is 12.5 Å². The molecule has 26 heavy (non-hydrogen) atoms. The number of ether oxygens (including phenoxy) is 2. The fourth-order valence-electron chi connectivity index (χ4n) is 2.56.